The van der Waals surface area contributed by atoms with E-state index in [0.29, 0.717) is 18.7 Å². The van der Waals surface area contributed by atoms with Gasteiger partial charge in [-0.3, -0.25) is 4.90 Å². The summed E-state index contributed by atoms with van der Waals surface area (Å²) in [5.41, 5.74) is 6.53. The van der Waals surface area contributed by atoms with Gasteiger partial charge in [0.1, 0.15) is 5.82 Å². The lowest BCUT2D eigenvalue weighted by Gasteiger charge is -2.26. The van der Waals surface area contributed by atoms with E-state index in [2.05, 4.69) is 11.0 Å². The first-order valence-corrected chi connectivity index (χ1v) is 6.77. The first-order chi connectivity index (χ1) is 8.72. The van der Waals surface area contributed by atoms with Gasteiger partial charge in [-0.2, -0.15) is 0 Å². The van der Waals surface area contributed by atoms with Gasteiger partial charge in [0.25, 0.3) is 0 Å². The van der Waals surface area contributed by atoms with Crippen molar-refractivity contribution in [3.63, 3.8) is 0 Å². The Morgan fingerprint density at radius 3 is 2.67 bits per heavy atom. The second kappa shape index (κ2) is 6.09. The van der Waals surface area contributed by atoms with Crippen LogP contribution in [0, 0.1) is 5.82 Å². The Bertz CT molecular complexity index is 484. The number of likely N-dealkylation sites (N-methyl/N-ethyl adjacent to an activating group) is 1. The van der Waals surface area contributed by atoms with E-state index in [1.165, 1.54) is 10.9 Å². The molecule has 18 heavy (non-hydrogen) atoms. The predicted molar refractivity (Wildman–Crippen MR) is 74.0 cm³/mol. The van der Waals surface area contributed by atoms with Gasteiger partial charge in [0, 0.05) is 23.5 Å². The smallest absolute Gasteiger partial charge is 0.127 e. The van der Waals surface area contributed by atoms with E-state index < -0.39 is 0 Å². The van der Waals surface area contributed by atoms with E-state index in [1.807, 2.05) is 30.6 Å². The summed E-state index contributed by atoms with van der Waals surface area (Å²) in [5, 5.41) is 2.04. The fraction of sp³-hybridized carbons (Fsp3) is 0.286. The van der Waals surface area contributed by atoms with Crippen LogP contribution in [0.2, 0.25) is 0 Å². The first kappa shape index (κ1) is 13.2. The molecule has 1 aromatic heterocycles. The highest BCUT2D eigenvalue weighted by Gasteiger charge is 2.17. The summed E-state index contributed by atoms with van der Waals surface area (Å²) in [4.78, 5) is 3.31. The Balaban J connectivity index is 2.11. The van der Waals surface area contributed by atoms with Crippen LogP contribution < -0.4 is 5.73 Å². The molecule has 0 amide bonds. The molecule has 0 bridgehead atoms. The molecule has 0 aliphatic heterocycles. The molecular weight excluding hydrogens is 247 g/mol. The van der Waals surface area contributed by atoms with E-state index in [9.17, 15) is 4.39 Å². The zero-order valence-electron chi connectivity index (χ0n) is 10.3. The second-order valence-electron chi connectivity index (χ2n) is 4.27. The van der Waals surface area contributed by atoms with Gasteiger partial charge in [-0.15, -0.1) is 11.3 Å². The van der Waals surface area contributed by atoms with Crippen LogP contribution >= 0.6 is 11.3 Å². The minimum Gasteiger partial charge on any atom is -0.329 e. The number of halogens is 1. The number of hydrogen-bond donors (Lipinski definition) is 1. The third kappa shape index (κ3) is 2.96. The quantitative estimate of drug-likeness (QED) is 0.899. The van der Waals surface area contributed by atoms with Crippen molar-refractivity contribution in [3.8, 4) is 0 Å². The summed E-state index contributed by atoms with van der Waals surface area (Å²) < 4.78 is 13.6. The second-order valence-corrected chi connectivity index (χ2v) is 5.25. The topological polar surface area (TPSA) is 29.3 Å². The van der Waals surface area contributed by atoms with Gasteiger partial charge in [0.15, 0.2) is 0 Å². The normalized spacial score (nSPS) is 12.9. The summed E-state index contributed by atoms with van der Waals surface area (Å²) >= 11 is 1.68. The molecule has 0 radical (unpaired) electrons. The zero-order chi connectivity index (χ0) is 13.0. The molecule has 0 spiro atoms. The Morgan fingerprint density at radius 2 is 2.06 bits per heavy atom. The average Bonchev–Trinajstić information content (AvgIpc) is 2.87. The summed E-state index contributed by atoms with van der Waals surface area (Å²) in [6.45, 7) is 1.10. The van der Waals surface area contributed by atoms with Crippen molar-refractivity contribution in [1.29, 1.82) is 0 Å². The molecule has 1 aromatic carbocycles. The lowest BCUT2D eigenvalue weighted by molar-refractivity contribution is 0.242. The van der Waals surface area contributed by atoms with Gasteiger partial charge in [-0.05, 0) is 24.6 Å². The third-order valence-corrected chi connectivity index (χ3v) is 3.98. The maximum atomic E-state index is 13.6. The van der Waals surface area contributed by atoms with Crippen molar-refractivity contribution in [2.24, 2.45) is 5.73 Å². The van der Waals surface area contributed by atoms with Crippen LogP contribution in [0.5, 0.6) is 0 Å². The molecule has 0 aliphatic carbocycles. The van der Waals surface area contributed by atoms with E-state index in [0.717, 1.165) is 0 Å². The van der Waals surface area contributed by atoms with Gasteiger partial charge in [-0.1, -0.05) is 24.3 Å². The molecule has 1 atom stereocenters. The van der Waals surface area contributed by atoms with Crippen LogP contribution in [-0.2, 0) is 6.54 Å². The molecule has 96 valence electrons. The monoisotopic (exact) mass is 264 g/mol. The van der Waals surface area contributed by atoms with Crippen LogP contribution in [0.3, 0.4) is 0 Å². The number of benzene rings is 1. The molecule has 0 fully saturated rings. The van der Waals surface area contributed by atoms with Crippen LogP contribution in [0.4, 0.5) is 4.39 Å². The highest BCUT2D eigenvalue weighted by molar-refractivity contribution is 7.10. The molecule has 2 rings (SSSR count). The van der Waals surface area contributed by atoms with Crippen molar-refractivity contribution in [2.45, 2.75) is 12.6 Å². The molecule has 4 heteroatoms. The maximum Gasteiger partial charge on any atom is 0.127 e. The standard InChI is InChI=1S/C14H17FN2S/c1-17(10-11-5-2-3-6-12(11)15)13(9-16)14-7-4-8-18-14/h2-8,13H,9-10,16H2,1H3. The van der Waals surface area contributed by atoms with Crippen LogP contribution in [0.25, 0.3) is 0 Å². The molecule has 0 saturated carbocycles. The number of thiophene rings is 1. The number of rotatable bonds is 5. The van der Waals surface area contributed by atoms with E-state index in [-0.39, 0.29) is 11.9 Å². The largest absolute Gasteiger partial charge is 0.329 e. The Hall–Kier alpha value is -1.23. The van der Waals surface area contributed by atoms with E-state index in [4.69, 9.17) is 5.73 Å². The van der Waals surface area contributed by atoms with Crippen molar-refractivity contribution in [2.75, 3.05) is 13.6 Å². The zero-order valence-corrected chi connectivity index (χ0v) is 11.2. The van der Waals surface area contributed by atoms with Gasteiger partial charge >= 0.3 is 0 Å². The van der Waals surface area contributed by atoms with Crippen LogP contribution in [0.1, 0.15) is 16.5 Å². The van der Waals surface area contributed by atoms with E-state index >= 15 is 0 Å². The Morgan fingerprint density at radius 1 is 1.28 bits per heavy atom. The van der Waals surface area contributed by atoms with Gasteiger partial charge in [-0.25, -0.2) is 4.39 Å². The molecule has 1 heterocycles. The highest BCUT2D eigenvalue weighted by atomic mass is 32.1. The summed E-state index contributed by atoms with van der Waals surface area (Å²) in [5.74, 6) is -0.161. The fourth-order valence-electron chi connectivity index (χ4n) is 2.00. The molecule has 0 saturated heterocycles. The molecule has 0 aliphatic rings. The van der Waals surface area contributed by atoms with Gasteiger partial charge < -0.3 is 5.73 Å². The highest BCUT2D eigenvalue weighted by Crippen LogP contribution is 2.24. The van der Waals surface area contributed by atoms with Gasteiger partial charge in [0.05, 0.1) is 6.04 Å². The number of nitrogens with zero attached hydrogens (tertiary/aromatic N) is 1. The SMILES string of the molecule is CN(Cc1ccccc1F)C(CN)c1cccs1. The molecule has 2 nitrogen and oxygen atoms in total. The fourth-order valence-corrected chi connectivity index (χ4v) is 2.90. The summed E-state index contributed by atoms with van der Waals surface area (Å²) in [6.07, 6.45) is 0. The lowest BCUT2D eigenvalue weighted by atomic mass is 10.1. The van der Waals surface area contributed by atoms with Crippen LogP contribution in [0.15, 0.2) is 41.8 Å². The average molecular weight is 264 g/mol. The first-order valence-electron chi connectivity index (χ1n) is 5.89. The molecule has 2 aromatic rings. The summed E-state index contributed by atoms with van der Waals surface area (Å²) in [6, 6.07) is 11.1. The van der Waals surface area contributed by atoms with Crippen molar-refractivity contribution >= 4 is 11.3 Å². The summed E-state index contributed by atoms with van der Waals surface area (Å²) in [7, 11) is 1.98. The van der Waals surface area contributed by atoms with Gasteiger partial charge in [0.2, 0.25) is 0 Å². The lowest BCUT2D eigenvalue weighted by Crippen LogP contribution is -2.29. The number of hydrogen-bond acceptors (Lipinski definition) is 3. The Labute approximate surface area is 111 Å². The molecular formula is C14H17FN2S. The van der Waals surface area contributed by atoms with E-state index in [1.54, 1.807) is 17.4 Å². The minimum absolute atomic E-state index is 0.143. The number of nitrogens with two attached hydrogens (primary N) is 1. The van der Waals surface area contributed by atoms with Crippen molar-refractivity contribution in [3.05, 3.63) is 58.0 Å². The van der Waals surface area contributed by atoms with Crippen molar-refractivity contribution < 1.29 is 4.39 Å². The third-order valence-electron chi connectivity index (χ3n) is 3.00. The van der Waals surface area contributed by atoms with Crippen molar-refractivity contribution in [1.82, 2.24) is 4.90 Å². The Kier molecular flexibility index (Phi) is 4.47. The van der Waals surface area contributed by atoms with Crippen LogP contribution in [-0.4, -0.2) is 18.5 Å². The predicted octanol–water partition coefficient (Wildman–Crippen LogP) is 3.02. The minimum atomic E-state index is -0.161. The maximum absolute atomic E-state index is 13.6. The molecule has 2 N–H and O–H groups in total. The molecule has 1 unspecified atom stereocenters.